The van der Waals surface area contributed by atoms with E-state index in [4.69, 9.17) is 0 Å². The lowest BCUT2D eigenvalue weighted by molar-refractivity contribution is 0.941. The van der Waals surface area contributed by atoms with Crippen LogP contribution in [0.3, 0.4) is 0 Å². The fourth-order valence-corrected chi connectivity index (χ4v) is 2.46. The molecule has 3 aromatic rings. The standard InChI is InChI=1S/C10H6BrN3S/c11-7-6-12-14-4-3-8(13-10(7)14)9-2-1-5-15-9/h1-6H. The summed E-state index contributed by atoms with van der Waals surface area (Å²) in [4.78, 5) is 5.71. The molecule has 74 valence electrons. The molecule has 0 unspecified atom stereocenters. The number of thiophene rings is 1. The van der Waals surface area contributed by atoms with Gasteiger partial charge in [-0.05, 0) is 33.4 Å². The first-order chi connectivity index (χ1) is 7.34. The number of fused-ring (bicyclic) bond motifs is 1. The second-order valence-electron chi connectivity index (χ2n) is 3.05. The van der Waals surface area contributed by atoms with E-state index in [1.807, 2.05) is 23.7 Å². The second-order valence-corrected chi connectivity index (χ2v) is 4.85. The Labute approximate surface area is 98.5 Å². The summed E-state index contributed by atoms with van der Waals surface area (Å²) in [5.74, 6) is 0. The Balaban J connectivity index is 2.25. The first-order valence-corrected chi connectivity index (χ1v) is 6.05. The SMILES string of the molecule is Brc1cnn2ccc(-c3cccs3)nc12. The van der Waals surface area contributed by atoms with Crippen LogP contribution >= 0.6 is 27.3 Å². The van der Waals surface area contributed by atoms with E-state index in [1.54, 1.807) is 22.0 Å². The van der Waals surface area contributed by atoms with Crippen molar-refractivity contribution < 1.29 is 0 Å². The van der Waals surface area contributed by atoms with Crippen molar-refractivity contribution in [1.29, 1.82) is 0 Å². The first-order valence-electron chi connectivity index (χ1n) is 4.38. The minimum atomic E-state index is 0.848. The summed E-state index contributed by atoms with van der Waals surface area (Å²) >= 11 is 5.11. The number of hydrogen-bond acceptors (Lipinski definition) is 3. The number of hydrogen-bond donors (Lipinski definition) is 0. The van der Waals surface area contributed by atoms with Gasteiger partial charge in [0.25, 0.3) is 0 Å². The van der Waals surface area contributed by atoms with Crippen LogP contribution in [0.4, 0.5) is 0 Å². The second kappa shape index (κ2) is 3.43. The molecule has 0 aliphatic carbocycles. The number of halogens is 1. The molecule has 0 aromatic carbocycles. The van der Waals surface area contributed by atoms with Crippen molar-refractivity contribution in [2.24, 2.45) is 0 Å². The Morgan fingerprint density at radius 2 is 2.27 bits per heavy atom. The summed E-state index contributed by atoms with van der Waals surface area (Å²) in [6.45, 7) is 0. The van der Waals surface area contributed by atoms with Crippen LogP contribution in [0.15, 0.2) is 40.4 Å². The van der Waals surface area contributed by atoms with Crippen LogP contribution in [-0.2, 0) is 0 Å². The summed E-state index contributed by atoms with van der Waals surface area (Å²) in [6, 6.07) is 6.06. The first kappa shape index (κ1) is 9.06. The van der Waals surface area contributed by atoms with Gasteiger partial charge >= 0.3 is 0 Å². The zero-order valence-electron chi connectivity index (χ0n) is 7.59. The molecule has 0 bridgehead atoms. The predicted octanol–water partition coefficient (Wildman–Crippen LogP) is 3.22. The molecular weight excluding hydrogens is 274 g/mol. The van der Waals surface area contributed by atoms with Crippen LogP contribution in [0.1, 0.15) is 0 Å². The van der Waals surface area contributed by atoms with Crippen molar-refractivity contribution in [3.8, 4) is 10.6 Å². The summed E-state index contributed by atoms with van der Waals surface area (Å²) in [5, 5.41) is 6.20. The van der Waals surface area contributed by atoms with Crippen LogP contribution in [0.25, 0.3) is 16.2 Å². The molecule has 0 fully saturated rings. The van der Waals surface area contributed by atoms with Crippen LogP contribution in [-0.4, -0.2) is 14.6 Å². The highest BCUT2D eigenvalue weighted by molar-refractivity contribution is 9.10. The minimum absolute atomic E-state index is 0.848. The van der Waals surface area contributed by atoms with Crippen molar-refractivity contribution in [3.05, 3.63) is 40.4 Å². The molecule has 0 aliphatic rings. The van der Waals surface area contributed by atoms with Crippen molar-refractivity contribution in [2.45, 2.75) is 0 Å². The van der Waals surface area contributed by atoms with Crippen LogP contribution < -0.4 is 0 Å². The maximum absolute atomic E-state index is 4.54. The average Bonchev–Trinajstić information content (AvgIpc) is 2.88. The Bertz CT molecular complexity index is 600. The third-order valence-corrected chi connectivity index (χ3v) is 3.55. The van der Waals surface area contributed by atoms with E-state index < -0.39 is 0 Å². The van der Waals surface area contributed by atoms with Gasteiger partial charge in [-0.25, -0.2) is 9.50 Å². The van der Waals surface area contributed by atoms with Gasteiger partial charge in [0.15, 0.2) is 5.65 Å². The average molecular weight is 280 g/mol. The van der Waals surface area contributed by atoms with Crippen molar-refractivity contribution in [2.75, 3.05) is 0 Å². The monoisotopic (exact) mass is 279 g/mol. The molecule has 0 aliphatic heterocycles. The molecule has 3 heterocycles. The molecule has 0 spiro atoms. The van der Waals surface area contributed by atoms with Gasteiger partial charge in [0.1, 0.15) is 0 Å². The van der Waals surface area contributed by atoms with E-state index in [0.717, 1.165) is 15.8 Å². The molecule has 0 amide bonds. The van der Waals surface area contributed by atoms with Gasteiger partial charge in [-0.2, -0.15) is 5.10 Å². The van der Waals surface area contributed by atoms with E-state index in [1.165, 1.54) is 4.88 Å². The molecule has 15 heavy (non-hydrogen) atoms. The minimum Gasteiger partial charge on any atom is -0.227 e. The van der Waals surface area contributed by atoms with Gasteiger partial charge < -0.3 is 0 Å². The molecule has 0 atom stereocenters. The molecule has 0 radical (unpaired) electrons. The summed E-state index contributed by atoms with van der Waals surface area (Å²) < 4.78 is 2.67. The molecule has 3 nitrogen and oxygen atoms in total. The van der Waals surface area contributed by atoms with Crippen molar-refractivity contribution in [3.63, 3.8) is 0 Å². The molecule has 3 aromatic heterocycles. The fraction of sp³-hybridized carbons (Fsp3) is 0. The zero-order chi connectivity index (χ0) is 10.3. The highest BCUT2D eigenvalue weighted by atomic mass is 79.9. The summed E-state index contributed by atoms with van der Waals surface area (Å²) in [6.07, 6.45) is 3.67. The summed E-state index contributed by atoms with van der Waals surface area (Å²) in [7, 11) is 0. The Morgan fingerprint density at radius 3 is 3.07 bits per heavy atom. The number of aromatic nitrogens is 3. The van der Waals surface area contributed by atoms with Crippen LogP contribution in [0, 0.1) is 0 Å². The normalized spacial score (nSPS) is 11.0. The Morgan fingerprint density at radius 1 is 1.33 bits per heavy atom. The van der Waals surface area contributed by atoms with E-state index in [9.17, 15) is 0 Å². The highest BCUT2D eigenvalue weighted by Crippen LogP contribution is 2.24. The quantitative estimate of drug-likeness (QED) is 0.685. The van der Waals surface area contributed by atoms with Gasteiger partial charge in [0, 0.05) is 6.20 Å². The van der Waals surface area contributed by atoms with Crippen LogP contribution in [0.2, 0.25) is 0 Å². The van der Waals surface area contributed by atoms with E-state index in [-0.39, 0.29) is 0 Å². The maximum atomic E-state index is 4.54. The van der Waals surface area contributed by atoms with Gasteiger partial charge in [-0.3, -0.25) is 0 Å². The van der Waals surface area contributed by atoms with Crippen molar-refractivity contribution in [1.82, 2.24) is 14.6 Å². The lowest BCUT2D eigenvalue weighted by Crippen LogP contribution is -1.90. The third-order valence-electron chi connectivity index (χ3n) is 2.10. The summed E-state index contributed by atoms with van der Waals surface area (Å²) in [5.41, 5.74) is 1.83. The van der Waals surface area contributed by atoms with Crippen molar-refractivity contribution >= 4 is 32.9 Å². The molecular formula is C10H6BrN3S. The lowest BCUT2D eigenvalue weighted by Gasteiger charge is -1.97. The van der Waals surface area contributed by atoms with E-state index >= 15 is 0 Å². The molecule has 0 saturated heterocycles. The van der Waals surface area contributed by atoms with E-state index in [0.29, 0.717) is 0 Å². The third kappa shape index (κ3) is 1.48. The van der Waals surface area contributed by atoms with Gasteiger partial charge in [0.05, 0.1) is 21.2 Å². The molecule has 5 heteroatoms. The van der Waals surface area contributed by atoms with Gasteiger partial charge in [0.2, 0.25) is 0 Å². The maximum Gasteiger partial charge on any atom is 0.169 e. The smallest absolute Gasteiger partial charge is 0.169 e. The van der Waals surface area contributed by atoms with Crippen LogP contribution in [0.5, 0.6) is 0 Å². The Kier molecular flexibility index (Phi) is 2.07. The number of nitrogens with zero attached hydrogens (tertiary/aromatic N) is 3. The molecule has 0 saturated carbocycles. The van der Waals surface area contributed by atoms with Gasteiger partial charge in [-0.15, -0.1) is 11.3 Å². The lowest BCUT2D eigenvalue weighted by atomic mass is 10.3. The molecule has 3 rings (SSSR count). The molecule has 0 N–H and O–H groups in total. The number of rotatable bonds is 1. The Hall–Kier alpha value is -1.20. The zero-order valence-corrected chi connectivity index (χ0v) is 9.99. The van der Waals surface area contributed by atoms with E-state index in [2.05, 4.69) is 32.1 Å². The highest BCUT2D eigenvalue weighted by Gasteiger charge is 2.05. The topological polar surface area (TPSA) is 30.2 Å². The fourth-order valence-electron chi connectivity index (χ4n) is 1.40. The van der Waals surface area contributed by atoms with Gasteiger partial charge in [-0.1, -0.05) is 6.07 Å². The largest absolute Gasteiger partial charge is 0.227 e. The predicted molar refractivity (Wildman–Crippen MR) is 64.0 cm³/mol.